The van der Waals surface area contributed by atoms with E-state index in [1.165, 1.54) is 34.0 Å². The number of benzene rings is 3. The molecule has 5 aromatic heterocycles. The third kappa shape index (κ3) is 17.7. The van der Waals surface area contributed by atoms with Crippen LogP contribution in [-0.4, -0.2) is 66.0 Å². The number of hydrogen-bond acceptors (Lipinski definition) is 14. The Morgan fingerprint density at radius 2 is 0.657 bits per heavy atom. The fourth-order valence-electron chi connectivity index (χ4n) is 5.68. The smallest absolute Gasteiger partial charge is 0.497 e. The zero-order valence-corrected chi connectivity index (χ0v) is 41.4. The Labute approximate surface area is 441 Å². The third-order valence-corrected chi connectivity index (χ3v) is 11.9. The van der Waals surface area contributed by atoms with Gasteiger partial charge in [0.1, 0.15) is 17.2 Å². The zero-order valence-electron chi connectivity index (χ0n) is 36.5. The minimum Gasteiger partial charge on any atom is -0.497 e. The van der Waals surface area contributed by atoms with Crippen LogP contribution in [-0.2, 0) is 0 Å². The first-order valence-electron chi connectivity index (χ1n) is 20.1. The van der Waals surface area contributed by atoms with Crippen molar-refractivity contribution in [3.63, 3.8) is 0 Å². The second-order valence-electron chi connectivity index (χ2n) is 13.6. The van der Waals surface area contributed by atoms with Gasteiger partial charge in [-0.2, -0.15) is 0 Å². The molecular weight excluding hydrogens is 1040 g/mol. The maximum atomic E-state index is 11.9. The average molecular weight is 1090 g/mol. The van der Waals surface area contributed by atoms with E-state index in [2.05, 4.69) is 9.97 Å². The minimum atomic E-state index is -0.170. The van der Waals surface area contributed by atoms with Gasteiger partial charge in [-0.25, -0.2) is 0 Å². The van der Waals surface area contributed by atoms with Gasteiger partial charge < -0.3 is 14.2 Å². The molecule has 0 unspecified atom stereocenters. The molecule has 0 aliphatic rings. The number of thiophene rings is 3. The number of rotatable bonds is 16. The summed E-state index contributed by atoms with van der Waals surface area (Å²) in [6.45, 7) is 0. The van der Waals surface area contributed by atoms with Crippen molar-refractivity contribution < 1.29 is 92.4 Å². The van der Waals surface area contributed by atoms with Crippen molar-refractivity contribution >= 4 is 68.7 Å². The standard InChI is InChI=1S/3C14H12O3S.C10H8N2.Eu/c3*1-17-11-6-4-10(5-7-11)12(15)9-13(16)14-3-2-8-18-14;1-3-7-11-9(5-1)10-6-2-4-8-12-10;/h3*2-8H,9H2,1H3;1-8H;/q;;;;+3. The van der Waals surface area contributed by atoms with Crippen LogP contribution in [0.2, 0.25) is 0 Å². The summed E-state index contributed by atoms with van der Waals surface area (Å²) in [4.78, 5) is 81.3. The van der Waals surface area contributed by atoms with Crippen LogP contribution in [0.25, 0.3) is 11.4 Å². The summed E-state index contributed by atoms with van der Waals surface area (Å²) in [5, 5.41) is 5.47. The number of ether oxygens (including phenoxy) is 3. The normalized spacial score (nSPS) is 9.84. The van der Waals surface area contributed by atoms with Crippen molar-refractivity contribution in [2.75, 3.05) is 21.3 Å². The molecule has 5 heterocycles. The first-order chi connectivity index (χ1) is 32.1. The van der Waals surface area contributed by atoms with Gasteiger partial charge in [0.05, 0.1) is 66.6 Å². The summed E-state index contributed by atoms with van der Waals surface area (Å²) in [6.07, 6.45) is 3.26. The van der Waals surface area contributed by atoms with Crippen molar-refractivity contribution in [2.24, 2.45) is 0 Å². The number of pyridine rings is 2. The van der Waals surface area contributed by atoms with E-state index in [0.29, 0.717) is 48.6 Å². The molecule has 0 radical (unpaired) electrons. The topological polar surface area (TPSA) is 156 Å². The number of methoxy groups -OCH3 is 3. The fraction of sp³-hybridized carbons (Fsp3) is 0.115. The fourth-order valence-corrected chi connectivity index (χ4v) is 7.67. The molecule has 0 spiro atoms. The van der Waals surface area contributed by atoms with Gasteiger partial charge in [-0.1, -0.05) is 30.3 Å². The van der Waals surface area contributed by atoms with Gasteiger partial charge in [0, 0.05) is 29.1 Å². The Kier molecular flexibility index (Phi) is 23.2. The molecule has 0 aliphatic carbocycles. The molecule has 0 amide bonds. The zero-order chi connectivity index (χ0) is 47.1. The Hall–Kier alpha value is -5.94. The summed E-state index contributed by atoms with van der Waals surface area (Å²) in [5.74, 6) is 1.16. The molecule has 3 aromatic carbocycles. The van der Waals surface area contributed by atoms with Gasteiger partial charge in [-0.15, -0.1) is 34.0 Å². The first-order valence-corrected chi connectivity index (χ1v) is 22.8. The van der Waals surface area contributed by atoms with Crippen LogP contribution in [0.4, 0.5) is 0 Å². The molecule has 67 heavy (non-hydrogen) atoms. The van der Waals surface area contributed by atoms with Crippen LogP contribution in [0.1, 0.15) is 79.4 Å². The van der Waals surface area contributed by atoms with E-state index in [1.807, 2.05) is 52.5 Å². The molecule has 0 N–H and O–H groups in total. The number of Topliss-reactive ketones (excluding diaryl/α,β-unsaturated/α-hetero) is 6. The van der Waals surface area contributed by atoms with E-state index in [1.54, 1.807) is 143 Å². The molecule has 8 rings (SSSR count). The van der Waals surface area contributed by atoms with Crippen molar-refractivity contribution in [3.8, 4) is 28.6 Å². The molecule has 338 valence electrons. The van der Waals surface area contributed by atoms with Crippen LogP contribution in [0, 0.1) is 49.4 Å². The maximum Gasteiger partial charge on any atom is 3.00 e. The Bertz CT molecular complexity index is 2460. The SMILES string of the molecule is COc1ccc(C(=O)CC(=O)c2cccs2)cc1.COc1ccc(C(=O)CC(=O)c2cccs2)cc1.COc1ccc(C(=O)CC(=O)c2cccs2)cc1.[Eu+3].c1ccc(-c2ccccn2)nc1. The number of aromatic nitrogens is 2. The number of hydrogen-bond donors (Lipinski definition) is 0. The van der Waals surface area contributed by atoms with Crippen molar-refractivity contribution in [1.29, 1.82) is 0 Å². The van der Waals surface area contributed by atoms with E-state index < -0.39 is 0 Å². The van der Waals surface area contributed by atoms with Crippen molar-refractivity contribution in [1.82, 2.24) is 9.97 Å². The molecule has 0 bridgehead atoms. The van der Waals surface area contributed by atoms with Crippen molar-refractivity contribution in [2.45, 2.75) is 19.3 Å². The molecule has 0 aliphatic heterocycles. The summed E-state index contributed by atoms with van der Waals surface area (Å²) in [7, 11) is 4.70. The van der Waals surface area contributed by atoms with Crippen LogP contribution < -0.4 is 14.2 Å². The van der Waals surface area contributed by atoms with Crippen LogP contribution in [0.15, 0.2) is 174 Å². The second-order valence-corrected chi connectivity index (χ2v) is 16.5. The Morgan fingerprint density at radius 3 is 0.866 bits per heavy atom. The van der Waals surface area contributed by atoms with Gasteiger partial charge in [-0.3, -0.25) is 38.7 Å². The van der Waals surface area contributed by atoms with Crippen LogP contribution in [0.5, 0.6) is 17.2 Å². The van der Waals surface area contributed by atoms with Crippen molar-refractivity contribution in [3.05, 3.63) is 205 Å². The third-order valence-electron chi connectivity index (χ3n) is 9.18. The Balaban J connectivity index is 0.000000196. The quantitative estimate of drug-likeness (QED) is 0.0670. The maximum absolute atomic E-state index is 11.9. The summed E-state index contributed by atoms with van der Waals surface area (Å²) >= 11 is 4.06. The molecular formula is C52H44EuN2O9S3+3. The molecule has 0 atom stereocenters. The van der Waals surface area contributed by atoms with E-state index in [4.69, 9.17) is 14.2 Å². The number of carbonyl (C=O) groups is 6. The monoisotopic (exact) mass is 1090 g/mol. The van der Waals surface area contributed by atoms with Gasteiger partial charge >= 0.3 is 49.4 Å². The van der Waals surface area contributed by atoms with E-state index in [9.17, 15) is 28.8 Å². The van der Waals surface area contributed by atoms with Crippen LogP contribution in [0.3, 0.4) is 0 Å². The van der Waals surface area contributed by atoms with Gasteiger partial charge in [-0.05, 0) is 131 Å². The molecule has 8 aromatic rings. The molecule has 0 saturated heterocycles. The number of carbonyl (C=O) groups excluding carboxylic acids is 6. The van der Waals surface area contributed by atoms with Gasteiger partial charge in [0.25, 0.3) is 0 Å². The minimum absolute atomic E-state index is 0. The van der Waals surface area contributed by atoms with E-state index in [-0.39, 0.29) is 103 Å². The summed E-state index contributed by atoms with van der Waals surface area (Å²) in [5.41, 5.74) is 3.42. The number of ketones is 6. The molecule has 15 heteroatoms. The second kappa shape index (κ2) is 29.0. The predicted molar refractivity (Wildman–Crippen MR) is 259 cm³/mol. The number of nitrogens with zero attached hydrogens (tertiary/aromatic N) is 2. The summed E-state index contributed by atoms with van der Waals surface area (Å²) in [6, 6.07) is 42.5. The molecule has 0 fully saturated rings. The van der Waals surface area contributed by atoms with E-state index >= 15 is 0 Å². The van der Waals surface area contributed by atoms with Crippen LogP contribution >= 0.6 is 34.0 Å². The van der Waals surface area contributed by atoms with Gasteiger partial charge in [0.2, 0.25) is 0 Å². The first kappa shape index (κ1) is 53.7. The summed E-state index contributed by atoms with van der Waals surface area (Å²) < 4.78 is 15.0. The predicted octanol–water partition coefficient (Wildman–Crippen LogP) is 11.8. The van der Waals surface area contributed by atoms with E-state index in [0.717, 1.165) is 11.4 Å². The molecule has 11 nitrogen and oxygen atoms in total. The van der Waals surface area contributed by atoms with Gasteiger partial charge in [0.15, 0.2) is 34.7 Å². The Morgan fingerprint density at radius 1 is 0.373 bits per heavy atom. The molecule has 0 saturated carbocycles. The largest absolute Gasteiger partial charge is 3.00 e. The average Bonchev–Trinajstić information content (AvgIpc) is 4.22.